The zero-order valence-corrected chi connectivity index (χ0v) is 17.4. The van der Waals surface area contributed by atoms with E-state index in [1.807, 2.05) is 42.3 Å². The molecule has 0 aromatic heterocycles. The van der Waals surface area contributed by atoms with Gasteiger partial charge in [-0.25, -0.2) is 0 Å². The Morgan fingerprint density at radius 2 is 1.79 bits per heavy atom. The van der Waals surface area contributed by atoms with Crippen molar-refractivity contribution in [1.82, 2.24) is 14.7 Å². The number of carbonyl (C=O) groups is 1. The summed E-state index contributed by atoms with van der Waals surface area (Å²) in [5, 5.41) is 0.761. The summed E-state index contributed by atoms with van der Waals surface area (Å²) in [5.74, 6) is 1.03. The van der Waals surface area contributed by atoms with Gasteiger partial charge in [0.05, 0.1) is 13.7 Å². The van der Waals surface area contributed by atoms with Crippen LogP contribution in [0.25, 0.3) is 0 Å². The predicted molar refractivity (Wildman–Crippen MR) is 113 cm³/mol. The summed E-state index contributed by atoms with van der Waals surface area (Å²) in [6.45, 7) is 5.39. The summed E-state index contributed by atoms with van der Waals surface area (Å²) in [6, 6.07) is 15.9. The Hall–Kier alpha value is -2.08. The molecule has 1 aliphatic heterocycles. The molecule has 3 rings (SSSR count). The first-order valence-electron chi connectivity index (χ1n) is 9.59. The van der Waals surface area contributed by atoms with E-state index in [0.717, 1.165) is 55.6 Å². The van der Waals surface area contributed by atoms with Gasteiger partial charge in [0.2, 0.25) is 5.91 Å². The normalized spacial score (nSPS) is 15.1. The number of amides is 1. The van der Waals surface area contributed by atoms with Crippen LogP contribution >= 0.6 is 11.6 Å². The molecule has 1 fully saturated rings. The van der Waals surface area contributed by atoms with E-state index in [1.54, 1.807) is 7.11 Å². The van der Waals surface area contributed by atoms with E-state index in [0.29, 0.717) is 6.54 Å². The van der Waals surface area contributed by atoms with Crippen LogP contribution in [-0.4, -0.2) is 67.5 Å². The molecule has 0 unspecified atom stereocenters. The maximum atomic E-state index is 12.7. The predicted octanol–water partition coefficient (Wildman–Crippen LogP) is 3.12. The fourth-order valence-corrected chi connectivity index (χ4v) is 3.60. The number of hydrogen-bond donors (Lipinski definition) is 0. The molecule has 28 heavy (non-hydrogen) atoms. The highest BCUT2D eigenvalue weighted by molar-refractivity contribution is 6.30. The standard InChI is InChI=1S/C22H28ClN3O2/c1-24(15-19-4-3-5-21(14-19)28-2)17-22(27)26-12-10-25(11-13-26)16-18-6-8-20(23)9-7-18/h3-9,14H,10-13,15-17H2,1-2H3. The summed E-state index contributed by atoms with van der Waals surface area (Å²) in [4.78, 5) is 19.1. The number of hydrogen-bond acceptors (Lipinski definition) is 4. The number of likely N-dealkylation sites (N-methyl/N-ethyl adjacent to an activating group) is 1. The molecular formula is C22H28ClN3O2. The number of halogens is 1. The van der Waals surface area contributed by atoms with Gasteiger partial charge in [-0.1, -0.05) is 35.9 Å². The summed E-state index contributed by atoms with van der Waals surface area (Å²) >= 11 is 5.95. The molecule has 1 saturated heterocycles. The average Bonchev–Trinajstić information content (AvgIpc) is 2.70. The molecule has 0 saturated carbocycles. The van der Waals surface area contributed by atoms with E-state index in [4.69, 9.17) is 16.3 Å². The molecule has 1 amide bonds. The van der Waals surface area contributed by atoms with Crippen LogP contribution in [0.1, 0.15) is 11.1 Å². The van der Waals surface area contributed by atoms with Crippen LogP contribution in [0.15, 0.2) is 48.5 Å². The number of ether oxygens (including phenoxy) is 1. The third kappa shape index (κ3) is 5.96. The highest BCUT2D eigenvalue weighted by Crippen LogP contribution is 2.15. The number of nitrogens with zero attached hydrogens (tertiary/aromatic N) is 3. The first-order valence-corrected chi connectivity index (χ1v) is 9.97. The smallest absolute Gasteiger partial charge is 0.236 e. The van der Waals surface area contributed by atoms with Crippen LogP contribution in [0.2, 0.25) is 5.02 Å². The molecule has 0 N–H and O–H groups in total. The maximum Gasteiger partial charge on any atom is 0.236 e. The van der Waals surface area contributed by atoms with Crippen LogP contribution < -0.4 is 4.74 Å². The lowest BCUT2D eigenvalue weighted by atomic mass is 10.2. The van der Waals surface area contributed by atoms with Gasteiger partial charge in [0.25, 0.3) is 0 Å². The van der Waals surface area contributed by atoms with Gasteiger partial charge in [0, 0.05) is 44.3 Å². The molecule has 0 spiro atoms. The zero-order valence-electron chi connectivity index (χ0n) is 16.6. The Bertz CT molecular complexity index is 774. The van der Waals surface area contributed by atoms with E-state index < -0.39 is 0 Å². The Balaban J connectivity index is 1.43. The van der Waals surface area contributed by atoms with Crippen molar-refractivity contribution in [3.63, 3.8) is 0 Å². The van der Waals surface area contributed by atoms with Gasteiger partial charge in [-0.15, -0.1) is 0 Å². The maximum absolute atomic E-state index is 12.7. The topological polar surface area (TPSA) is 36.0 Å². The van der Waals surface area contributed by atoms with Gasteiger partial charge in [-0.2, -0.15) is 0 Å². The Morgan fingerprint density at radius 1 is 1.07 bits per heavy atom. The van der Waals surface area contributed by atoms with Gasteiger partial charge < -0.3 is 9.64 Å². The monoisotopic (exact) mass is 401 g/mol. The van der Waals surface area contributed by atoms with Gasteiger partial charge >= 0.3 is 0 Å². The highest BCUT2D eigenvalue weighted by atomic mass is 35.5. The minimum absolute atomic E-state index is 0.191. The van der Waals surface area contributed by atoms with Crippen molar-refractivity contribution in [2.45, 2.75) is 13.1 Å². The van der Waals surface area contributed by atoms with Crippen molar-refractivity contribution in [3.8, 4) is 5.75 Å². The Morgan fingerprint density at radius 3 is 2.46 bits per heavy atom. The second-order valence-corrected chi connectivity index (χ2v) is 7.74. The van der Waals surface area contributed by atoms with Crippen LogP contribution in [-0.2, 0) is 17.9 Å². The van der Waals surface area contributed by atoms with E-state index in [2.05, 4.69) is 28.0 Å². The third-order valence-electron chi connectivity index (χ3n) is 5.04. The Labute approximate surface area is 172 Å². The van der Waals surface area contributed by atoms with E-state index in [-0.39, 0.29) is 5.91 Å². The fraction of sp³-hybridized carbons (Fsp3) is 0.409. The minimum Gasteiger partial charge on any atom is -0.497 e. The summed E-state index contributed by atoms with van der Waals surface area (Å²) < 4.78 is 5.27. The number of rotatable bonds is 7. The molecule has 0 atom stereocenters. The number of benzene rings is 2. The molecule has 0 aliphatic carbocycles. The molecule has 0 radical (unpaired) electrons. The van der Waals surface area contributed by atoms with Gasteiger partial charge in [-0.05, 0) is 42.4 Å². The van der Waals surface area contributed by atoms with Crippen LogP contribution in [0.3, 0.4) is 0 Å². The molecule has 1 heterocycles. The second-order valence-electron chi connectivity index (χ2n) is 7.31. The van der Waals surface area contributed by atoms with E-state index in [9.17, 15) is 4.79 Å². The Kier molecular flexibility index (Phi) is 7.31. The van der Waals surface area contributed by atoms with Gasteiger partial charge in [-0.3, -0.25) is 14.6 Å². The molecular weight excluding hydrogens is 374 g/mol. The van der Waals surface area contributed by atoms with Crippen LogP contribution in [0.5, 0.6) is 5.75 Å². The minimum atomic E-state index is 0.191. The zero-order chi connectivity index (χ0) is 19.9. The first kappa shape index (κ1) is 20.6. The van der Waals surface area contributed by atoms with Crippen molar-refractivity contribution in [2.24, 2.45) is 0 Å². The largest absolute Gasteiger partial charge is 0.497 e. The average molecular weight is 402 g/mol. The highest BCUT2D eigenvalue weighted by Gasteiger charge is 2.22. The molecule has 2 aromatic rings. The lowest BCUT2D eigenvalue weighted by molar-refractivity contribution is -0.134. The molecule has 0 bridgehead atoms. The van der Waals surface area contributed by atoms with Crippen LogP contribution in [0, 0.1) is 0 Å². The second kappa shape index (κ2) is 9.92. The van der Waals surface area contributed by atoms with E-state index >= 15 is 0 Å². The van der Waals surface area contributed by atoms with Gasteiger partial charge in [0.1, 0.15) is 5.75 Å². The van der Waals surface area contributed by atoms with Crippen molar-refractivity contribution >= 4 is 17.5 Å². The van der Waals surface area contributed by atoms with Crippen molar-refractivity contribution in [3.05, 3.63) is 64.7 Å². The number of piperazine rings is 1. The van der Waals surface area contributed by atoms with Gasteiger partial charge in [0.15, 0.2) is 0 Å². The molecule has 1 aliphatic rings. The number of methoxy groups -OCH3 is 1. The lowest BCUT2D eigenvalue weighted by Crippen LogP contribution is -2.50. The summed E-state index contributed by atoms with van der Waals surface area (Å²) in [7, 11) is 3.65. The first-order chi connectivity index (χ1) is 13.5. The number of carbonyl (C=O) groups excluding carboxylic acids is 1. The van der Waals surface area contributed by atoms with Crippen molar-refractivity contribution in [1.29, 1.82) is 0 Å². The molecule has 6 heteroatoms. The van der Waals surface area contributed by atoms with Crippen molar-refractivity contribution in [2.75, 3.05) is 46.9 Å². The van der Waals surface area contributed by atoms with E-state index in [1.165, 1.54) is 5.56 Å². The molecule has 5 nitrogen and oxygen atoms in total. The third-order valence-corrected chi connectivity index (χ3v) is 5.29. The molecule has 2 aromatic carbocycles. The summed E-state index contributed by atoms with van der Waals surface area (Å²) in [6.07, 6.45) is 0. The van der Waals surface area contributed by atoms with Crippen LogP contribution in [0.4, 0.5) is 0 Å². The SMILES string of the molecule is COc1cccc(CN(C)CC(=O)N2CCN(Cc3ccc(Cl)cc3)CC2)c1. The fourth-order valence-electron chi connectivity index (χ4n) is 3.47. The molecule has 150 valence electrons. The summed E-state index contributed by atoms with van der Waals surface area (Å²) in [5.41, 5.74) is 2.39. The quantitative estimate of drug-likeness (QED) is 0.714. The van der Waals surface area contributed by atoms with Crippen molar-refractivity contribution < 1.29 is 9.53 Å². The lowest BCUT2D eigenvalue weighted by Gasteiger charge is -2.35.